The van der Waals surface area contributed by atoms with Crippen LogP contribution in [0.3, 0.4) is 0 Å². The summed E-state index contributed by atoms with van der Waals surface area (Å²) >= 11 is 1.51. The third kappa shape index (κ3) is 2.89. The monoisotopic (exact) mass is 312 g/mol. The summed E-state index contributed by atoms with van der Waals surface area (Å²) in [6.45, 7) is 3.56. The van der Waals surface area contributed by atoms with E-state index in [1.807, 2.05) is 12.1 Å². The number of rotatable bonds is 4. The van der Waals surface area contributed by atoms with Crippen molar-refractivity contribution >= 4 is 39.2 Å². The van der Waals surface area contributed by atoms with Crippen molar-refractivity contribution in [2.45, 2.75) is 6.42 Å². The molecule has 0 aliphatic carbocycles. The number of benzene rings is 2. The van der Waals surface area contributed by atoms with Crippen molar-refractivity contribution in [1.29, 1.82) is 0 Å². The summed E-state index contributed by atoms with van der Waals surface area (Å²) in [5.41, 5.74) is 4.09. The minimum Gasteiger partial charge on any atom is -0.326 e. The highest BCUT2D eigenvalue weighted by Crippen LogP contribution is 2.22. The van der Waals surface area contributed by atoms with Crippen LogP contribution < -0.4 is 5.32 Å². The Hall–Kier alpha value is -2.53. The van der Waals surface area contributed by atoms with Crippen LogP contribution in [0.4, 0.5) is 10.1 Å². The van der Waals surface area contributed by atoms with Crippen molar-refractivity contribution < 1.29 is 9.18 Å². The number of aromatic nitrogens is 1. The number of anilines is 1. The van der Waals surface area contributed by atoms with E-state index in [0.29, 0.717) is 16.8 Å². The van der Waals surface area contributed by atoms with Crippen LogP contribution in [0.2, 0.25) is 0 Å². The summed E-state index contributed by atoms with van der Waals surface area (Å²) in [6.07, 6.45) is 1.42. The van der Waals surface area contributed by atoms with Gasteiger partial charge < -0.3 is 5.32 Å². The summed E-state index contributed by atoms with van der Waals surface area (Å²) < 4.78 is 15.1. The van der Waals surface area contributed by atoms with Crippen molar-refractivity contribution in [1.82, 2.24) is 4.98 Å². The number of fused-ring (bicyclic) bond motifs is 1. The predicted molar refractivity (Wildman–Crippen MR) is 88.4 cm³/mol. The van der Waals surface area contributed by atoms with E-state index in [2.05, 4.69) is 16.9 Å². The lowest BCUT2D eigenvalue weighted by molar-refractivity contribution is -0.115. The minimum absolute atomic E-state index is 0.0196. The minimum atomic E-state index is -0.398. The first-order chi connectivity index (χ1) is 10.7. The average Bonchev–Trinajstić information content (AvgIpc) is 2.97. The van der Waals surface area contributed by atoms with Gasteiger partial charge in [0.1, 0.15) is 5.82 Å². The first-order valence-electron chi connectivity index (χ1n) is 6.70. The van der Waals surface area contributed by atoms with Crippen LogP contribution in [0.15, 0.2) is 48.5 Å². The maximum absolute atomic E-state index is 14.1. The molecule has 22 heavy (non-hydrogen) atoms. The van der Waals surface area contributed by atoms with Gasteiger partial charge >= 0.3 is 0 Å². The van der Waals surface area contributed by atoms with E-state index >= 15 is 0 Å². The molecule has 5 heteroatoms. The molecule has 0 saturated carbocycles. The Labute approximate surface area is 131 Å². The number of hydrogen-bond donors (Lipinski definition) is 1. The van der Waals surface area contributed by atoms with Gasteiger partial charge in [-0.3, -0.25) is 4.79 Å². The Morgan fingerprint density at radius 2 is 2.23 bits per heavy atom. The SMILES string of the molecule is C=Cc1cccc(CC(=O)Nc2ccc3ncsc3c2)c1F. The molecule has 1 aromatic heterocycles. The van der Waals surface area contributed by atoms with Gasteiger partial charge in [-0.15, -0.1) is 11.3 Å². The average molecular weight is 312 g/mol. The Bertz CT molecular complexity index is 857. The molecule has 1 heterocycles. The smallest absolute Gasteiger partial charge is 0.228 e. The van der Waals surface area contributed by atoms with Crippen LogP contribution >= 0.6 is 11.3 Å². The summed E-state index contributed by atoms with van der Waals surface area (Å²) in [7, 11) is 0. The third-order valence-corrected chi connectivity index (χ3v) is 4.09. The van der Waals surface area contributed by atoms with Crippen LogP contribution in [0.5, 0.6) is 0 Å². The number of nitrogens with one attached hydrogen (secondary N) is 1. The van der Waals surface area contributed by atoms with E-state index in [9.17, 15) is 9.18 Å². The second kappa shape index (κ2) is 6.07. The van der Waals surface area contributed by atoms with Crippen molar-refractivity contribution in [2.24, 2.45) is 0 Å². The van der Waals surface area contributed by atoms with Gasteiger partial charge in [0.25, 0.3) is 0 Å². The van der Waals surface area contributed by atoms with E-state index in [1.165, 1.54) is 17.4 Å². The molecule has 1 N–H and O–H groups in total. The Morgan fingerprint density at radius 3 is 3.05 bits per heavy atom. The first kappa shape index (κ1) is 14.4. The van der Waals surface area contributed by atoms with Crippen LogP contribution in [0.1, 0.15) is 11.1 Å². The Morgan fingerprint density at radius 1 is 1.36 bits per heavy atom. The largest absolute Gasteiger partial charge is 0.326 e. The van der Waals surface area contributed by atoms with Gasteiger partial charge in [-0.05, 0) is 23.8 Å². The van der Waals surface area contributed by atoms with Crippen molar-refractivity contribution in [2.75, 3.05) is 5.32 Å². The molecule has 0 unspecified atom stereocenters. The highest BCUT2D eigenvalue weighted by Gasteiger charge is 2.11. The zero-order valence-corrected chi connectivity index (χ0v) is 12.5. The summed E-state index contributed by atoms with van der Waals surface area (Å²) in [5, 5.41) is 2.78. The van der Waals surface area contributed by atoms with E-state index in [4.69, 9.17) is 0 Å². The topological polar surface area (TPSA) is 42.0 Å². The molecular formula is C17H13FN2OS. The number of carbonyl (C=O) groups excluding carboxylic acids is 1. The van der Waals surface area contributed by atoms with Gasteiger partial charge in [0.2, 0.25) is 5.91 Å². The highest BCUT2D eigenvalue weighted by atomic mass is 32.1. The molecule has 3 nitrogen and oxygen atoms in total. The molecular weight excluding hydrogens is 299 g/mol. The number of carbonyl (C=O) groups is 1. The van der Waals surface area contributed by atoms with Crippen LogP contribution in [0, 0.1) is 5.82 Å². The van der Waals surface area contributed by atoms with Gasteiger partial charge in [0.15, 0.2) is 0 Å². The molecule has 0 atom stereocenters. The molecule has 0 saturated heterocycles. The lowest BCUT2D eigenvalue weighted by atomic mass is 10.1. The number of hydrogen-bond acceptors (Lipinski definition) is 3. The fraction of sp³-hybridized carbons (Fsp3) is 0.0588. The predicted octanol–water partition coefficient (Wildman–Crippen LogP) is 4.26. The van der Waals surface area contributed by atoms with E-state index in [-0.39, 0.29) is 12.3 Å². The number of halogens is 1. The zero-order chi connectivity index (χ0) is 15.5. The molecule has 0 radical (unpaired) electrons. The van der Waals surface area contributed by atoms with E-state index in [1.54, 1.807) is 29.8 Å². The van der Waals surface area contributed by atoms with Gasteiger partial charge in [-0.25, -0.2) is 9.37 Å². The molecule has 0 aliphatic heterocycles. The zero-order valence-electron chi connectivity index (χ0n) is 11.7. The molecule has 0 bridgehead atoms. The highest BCUT2D eigenvalue weighted by molar-refractivity contribution is 7.16. The fourth-order valence-electron chi connectivity index (χ4n) is 2.20. The standard InChI is InChI=1S/C17H13FN2OS/c1-2-11-4-3-5-12(17(11)18)8-16(21)20-13-6-7-14-15(9-13)22-10-19-14/h2-7,9-10H,1,8H2,(H,20,21). The maximum Gasteiger partial charge on any atom is 0.228 e. The van der Waals surface area contributed by atoms with Crippen molar-refractivity contribution in [3.8, 4) is 0 Å². The van der Waals surface area contributed by atoms with Crippen molar-refractivity contribution in [3.63, 3.8) is 0 Å². The summed E-state index contributed by atoms with van der Waals surface area (Å²) in [5.74, 6) is -0.658. The normalized spacial score (nSPS) is 10.6. The molecule has 3 aromatic rings. The molecule has 110 valence electrons. The molecule has 2 aromatic carbocycles. The Kier molecular flexibility index (Phi) is 3.98. The summed E-state index contributed by atoms with van der Waals surface area (Å²) in [4.78, 5) is 16.3. The van der Waals surface area contributed by atoms with Gasteiger partial charge in [0.05, 0.1) is 22.1 Å². The van der Waals surface area contributed by atoms with Gasteiger partial charge in [-0.1, -0.05) is 30.9 Å². The lowest BCUT2D eigenvalue weighted by Gasteiger charge is -2.07. The molecule has 0 fully saturated rings. The third-order valence-electron chi connectivity index (χ3n) is 3.29. The van der Waals surface area contributed by atoms with Crippen LogP contribution in [-0.2, 0) is 11.2 Å². The van der Waals surface area contributed by atoms with Gasteiger partial charge in [0, 0.05) is 11.3 Å². The van der Waals surface area contributed by atoms with Crippen LogP contribution in [0.25, 0.3) is 16.3 Å². The number of amides is 1. The van der Waals surface area contributed by atoms with E-state index < -0.39 is 5.82 Å². The second-order valence-corrected chi connectivity index (χ2v) is 5.67. The quantitative estimate of drug-likeness (QED) is 0.782. The fourth-order valence-corrected chi connectivity index (χ4v) is 2.92. The molecule has 0 aliphatic rings. The second-order valence-electron chi connectivity index (χ2n) is 4.78. The van der Waals surface area contributed by atoms with Crippen LogP contribution in [-0.4, -0.2) is 10.9 Å². The van der Waals surface area contributed by atoms with Crippen molar-refractivity contribution in [3.05, 3.63) is 65.4 Å². The number of nitrogens with zero attached hydrogens (tertiary/aromatic N) is 1. The first-order valence-corrected chi connectivity index (χ1v) is 7.58. The molecule has 0 spiro atoms. The lowest BCUT2D eigenvalue weighted by Crippen LogP contribution is -2.15. The molecule has 3 rings (SSSR count). The Balaban J connectivity index is 1.76. The van der Waals surface area contributed by atoms with E-state index in [0.717, 1.165) is 10.2 Å². The van der Waals surface area contributed by atoms with Gasteiger partial charge in [-0.2, -0.15) is 0 Å². The summed E-state index contributed by atoms with van der Waals surface area (Å²) in [6, 6.07) is 10.4. The molecule has 1 amide bonds. The maximum atomic E-state index is 14.1. The number of thiazole rings is 1.